The smallest absolute Gasteiger partial charge is 0.254 e. The minimum absolute atomic E-state index is 0.0730. The van der Waals surface area contributed by atoms with Gasteiger partial charge in [0.1, 0.15) is 5.82 Å². The summed E-state index contributed by atoms with van der Waals surface area (Å²) < 4.78 is 0. The highest BCUT2D eigenvalue weighted by Gasteiger charge is 2.33. The lowest BCUT2D eigenvalue weighted by molar-refractivity contribution is 0.0731. The number of nitrogens with zero attached hydrogens (tertiary/aromatic N) is 3. The maximum atomic E-state index is 13.1. The van der Waals surface area contributed by atoms with Crippen LogP contribution in [0.2, 0.25) is 0 Å². The molecular formula is C20H20N4OS. The molecule has 0 atom stereocenters. The van der Waals surface area contributed by atoms with E-state index in [1.165, 1.54) is 16.0 Å². The van der Waals surface area contributed by atoms with Crippen molar-refractivity contribution in [3.63, 3.8) is 0 Å². The molecule has 1 amide bonds. The van der Waals surface area contributed by atoms with Gasteiger partial charge in [-0.2, -0.15) is 0 Å². The summed E-state index contributed by atoms with van der Waals surface area (Å²) in [5.74, 6) is 0.455. The fraction of sp³-hybridized carbons (Fsp3) is 0.250. The number of thiophene rings is 1. The third-order valence-electron chi connectivity index (χ3n) is 4.45. The number of carbonyl (C=O) groups excluding carboxylic acids is 1. The normalized spacial score (nSPS) is 13.6. The number of carbonyl (C=O) groups is 1. The second-order valence-corrected chi connectivity index (χ2v) is 7.96. The summed E-state index contributed by atoms with van der Waals surface area (Å²) in [6.07, 6.45) is 5.32. The summed E-state index contributed by atoms with van der Waals surface area (Å²) in [4.78, 5) is 26.0. The van der Waals surface area contributed by atoms with Crippen LogP contribution in [-0.2, 0) is 6.54 Å². The number of aromatic nitrogens is 2. The van der Waals surface area contributed by atoms with Gasteiger partial charge in [0.25, 0.3) is 5.91 Å². The minimum atomic E-state index is 0.0730. The summed E-state index contributed by atoms with van der Waals surface area (Å²) >= 11 is 1.75. The van der Waals surface area contributed by atoms with Crippen molar-refractivity contribution in [3.05, 3.63) is 64.1 Å². The summed E-state index contributed by atoms with van der Waals surface area (Å²) in [7, 11) is 0. The highest BCUT2D eigenvalue weighted by atomic mass is 32.1. The molecule has 0 aliphatic heterocycles. The lowest BCUT2D eigenvalue weighted by Crippen LogP contribution is -2.32. The molecule has 0 unspecified atom stereocenters. The Morgan fingerprint density at radius 3 is 2.73 bits per heavy atom. The Morgan fingerprint density at radius 2 is 2.08 bits per heavy atom. The number of nitrogens with two attached hydrogens (primary N) is 1. The molecule has 0 spiro atoms. The number of rotatable bonds is 5. The van der Waals surface area contributed by atoms with E-state index >= 15 is 0 Å². The predicted molar refractivity (Wildman–Crippen MR) is 104 cm³/mol. The van der Waals surface area contributed by atoms with E-state index in [1.807, 2.05) is 29.2 Å². The Balaban J connectivity index is 1.59. The fourth-order valence-electron chi connectivity index (χ4n) is 2.96. The Kier molecular flexibility index (Phi) is 4.42. The van der Waals surface area contributed by atoms with E-state index in [0.29, 0.717) is 29.7 Å². The largest absolute Gasteiger partial charge is 0.382 e. The first-order chi connectivity index (χ1) is 12.6. The van der Waals surface area contributed by atoms with Gasteiger partial charge < -0.3 is 10.6 Å². The molecule has 1 aromatic carbocycles. The van der Waals surface area contributed by atoms with Crippen LogP contribution >= 0.6 is 11.3 Å². The summed E-state index contributed by atoms with van der Waals surface area (Å²) in [6, 6.07) is 12.1. The van der Waals surface area contributed by atoms with Gasteiger partial charge in [-0.25, -0.2) is 4.98 Å². The quantitative estimate of drug-likeness (QED) is 0.745. The maximum absolute atomic E-state index is 13.1. The summed E-state index contributed by atoms with van der Waals surface area (Å²) in [5, 5.41) is 0. The van der Waals surface area contributed by atoms with Gasteiger partial charge in [0.2, 0.25) is 0 Å². The molecule has 2 N–H and O–H groups in total. The lowest BCUT2D eigenvalue weighted by Gasteiger charge is -2.22. The van der Waals surface area contributed by atoms with Crippen LogP contribution < -0.4 is 5.73 Å². The number of hydrogen-bond donors (Lipinski definition) is 1. The zero-order valence-corrected chi connectivity index (χ0v) is 15.4. The van der Waals surface area contributed by atoms with Gasteiger partial charge in [0, 0.05) is 26.9 Å². The highest BCUT2D eigenvalue weighted by molar-refractivity contribution is 7.11. The van der Waals surface area contributed by atoms with Crippen LogP contribution in [0.25, 0.3) is 11.3 Å². The first kappa shape index (κ1) is 16.7. The van der Waals surface area contributed by atoms with Crippen molar-refractivity contribution in [2.75, 3.05) is 5.73 Å². The number of nitrogen functional groups attached to an aromatic ring is 1. The number of hydrogen-bond acceptors (Lipinski definition) is 5. The van der Waals surface area contributed by atoms with E-state index in [-0.39, 0.29) is 5.91 Å². The first-order valence-corrected chi connectivity index (χ1v) is 9.46. The van der Waals surface area contributed by atoms with Crippen LogP contribution in [0, 0.1) is 6.92 Å². The maximum Gasteiger partial charge on any atom is 0.254 e. The number of aryl methyl sites for hydroxylation is 1. The van der Waals surface area contributed by atoms with Gasteiger partial charge >= 0.3 is 0 Å². The fourth-order valence-corrected chi connectivity index (χ4v) is 3.84. The molecule has 26 heavy (non-hydrogen) atoms. The van der Waals surface area contributed by atoms with Crippen LogP contribution in [0.3, 0.4) is 0 Å². The van der Waals surface area contributed by atoms with Crippen LogP contribution in [0.15, 0.2) is 48.8 Å². The molecule has 4 rings (SSSR count). The van der Waals surface area contributed by atoms with Crippen molar-refractivity contribution in [1.29, 1.82) is 0 Å². The van der Waals surface area contributed by atoms with Gasteiger partial charge in [-0.05, 0) is 44.0 Å². The summed E-state index contributed by atoms with van der Waals surface area (Å²) in [5.41, 5.74) is 7.86. The molecule has 1 fully saturated rings. The molecule has 2 heterocycles. The first-order valence-electron chi connectivity index (χ1n) is 8.64. The number of anilines is 1. The SMILES string of the molecule is Cc1ccc(CN(C(=O)c2cccc(-c3cnc(N)cn3)c2)C2CC2)s1. The predicted octanol–water partition coefficient (Wildman–Crippen LogP) is 3.90. The van der Waals surface area contributed by atoms with E-state index in [1.54, 1.807) is 17.5 Å². The lowest BCUT2D eigenvalue weighted by atomic mass is 10.1. The molecule has 1 aliphatic carbocycles. The minimum Gasteiger partial charge on any atom is -0.382 e. The molecule has 6 heteroatoms. The Hall–Kier alpha value is -2.73. The van der Waals surface area contributed by atoms with E-state index in [4.69, 9.17) is 5.73 Å². The van der Waals surface area contributed by atoms with E-state index in [9.17, 15) is 4.79 Å². The summed E-state index contributed by atoms with van der Waals surface area (Å²) in [6.45, 7) is 2.77. The molecule has 5 nitrogen and oxygen atoms in total. The number of amides is 1. The van der Waals surface area contributed by atoms with E-state index < -0.39 is 0 Å². The van der Waals surface area contributed by atoms with Crippen molar-refractivity contribution >= 4 is 23.1 Å². The average Bonchev–Trinajstić information content (AvgIpc) is 3.42. The van der Waals surface area contributed by atoms with Crippen LogP contribution in [0.4, 0.5) is 5.82 Å². The molecule has 1 aliphatic rings. The van der Waals surface area contributed by atoms with Gasteiger partial charge in [0.15, 0.2) is 0 Å². The van der Waals surface area contributed by atoms with Crippen LogP contribution in [-0.4, -0.2) is 26.8 Å². The molecule has 132 valence electrons. The van der Waals surface area contributed by atoms with Crippen molar-refractivity contribution in [2.45, 2.75) is 32.4 Å². The molecule has 3 aromatic rings. The third kappa shape index (κ3) is 3.60. The van der Waals surface area contributed by atoms with Gasteiger partial charge in [-0.15, -0.1) is 11.3 Å². The topological polar surface area (TPSA) is 72.1 Å². The van der Waals surface area contributed by atoms with Crippen LogP contribution in [0.1, 0.15) is 33.0 Å². The zero-order chi connectivity index (χ0) is 18.1. The average molecular weight is 364 g/mol. The van der Waals surface area contributed by atoms with Gasteiger partial charge in [-0.1, -0.05) is 12.1 Å². The second kappa shape index (κ2) is 6.88. The Labute approximate surface area is 156 Å². The Morgan fingerprint density at radius 1 is 1.23 bits per heavy atom. The Bertz CT molecular complexity index is 931. The molecular weight excluding hydrogens is 344 g/mol. The molecule has 0 saturated heterocycles. The van der Waals surface area contributed by atoms with Crippen LogP contribution in [0.5, 0.6) is 0 Å². The van der Waals surface area contributed by atoms with E-state index in [0.717, 1.165) is 18.4 Å². The molecule has 0 bridgehead atoms. The van der Waals surface area contributed by atoms with Gasteiger partial charge in [-0.3, -0.25) is 9.78 Å². The third-order valence-corrected chi connectivity index (χ3v) is 5.43. The van der Waals surface area contributed by atoms with Gasteiger partial charge in [0.05, 0.1) is 24.6 Å². The molecule has 2 aromatic heterocycles. The number of benzene rings is 1. The van der Waals surface area contributed by atoms with E-state index in [2.05, 4.69) is 29.0 Å². The molecule has 1 saturated carbocycles. The van der Waals surface area contributed by atoms with Crippen molar-refractivity contribution < 1.29 is 4.79 Å². The second-order valence-electron chi connectivity index (χ2n) is 6.58. The standard InChI is InChI=1S/C20H20N4OS/c1-13-5-8-17(26-13)12-24(16-6-7-16)20(25)15-4-2-3-14(9-15)18-10-23-19(21)11-22-18/h2-5,8-11,16H,6-7,12H2,1H3,(H2,21,23). The monoisotopic (exact) mass is 364 g/mol. The van der Waals surface area contributed by atoms with Crippen molar-refractivity contribution in [3.8, 4) is 11.3 Å². The van der Waals surface area contributed by atoms with Crippen molar-refractivity contribution in [1.82, 2.24) is 14.9 Å². The molecule has 0 radical (unpaired) electrons. The van der Waals surface area contributed by atoms with Crippen molar-refractivity contribution in [2.24, 2.45) is 0 Å². The zero-order valence-electron chi connectivity index (χ0n) is 14.6. The highest BCUT2D eigenvalue weighted by Crippen LogP contribution is 2.31.